The first-order chi connectivity index (χ1) is 13.6. The van der Waals surface area contributed by atoms with Gasteiger partial charge in [0.2, 0.25) is 0 Å². The maximum absolute atomic E-state index is 12.0. The van der Waals surface area contributed by atoms with Gasteiger partial charge in [-0.1, -0.05) is 18.2 Å². The number of nitrogens with zero attached hydrogens (tertiary/aromatic N) is 2. The molecule has 1 amide bonds. The second-order valence-corrected chi connectivity index (χ2v) is 7.02. The Kier molecular flexibility index (Phi) is 7.14. The molecule has 2 aromatic rings. The Labute approximate surface area is 167 Å². The molecule has 1 saturated heterocycles. The zero-order chi connectivity index (χ0) is 19.8. The highest BCUT2D eigenvalue weighted by molar-refractivity contribution is 5.77. The van der Waals surface area contributed by atoms with Crippen LogP contribution in [0.15, 0.2) is 48.5 Å². The number of likely N-dealkylation sites (N-methyl/N-ethyl adjacent to an activating group) is 1. The van der Waals surface area contributed by atoms with Crippen LogP contribution in [0.3, 0.4) is 0 Å². The summed E-state index contributed by atoms with van der Waals surface area (Å²) in [7, 11) is 3.76. The average molecular weight is 383 g/mol. The van der Waals surface area contributed by atoms with E-state index in [0.717, 1.165) is 32.6 Å². The van der Waals surface area contributed by atoms with Gasteiger partial charge in [0.15, 0.2) is 6.61 Å². The van der Waals surface area contributed by atoms with E-state index < -0.39 is 0 Å². The molecule has 0 aromatic heterocycles. The molecule has 150 valence electrons. The first-order valence-electron chi connectivity index (χ1n) is 9.70. The van der Waals surface area contributed by atoms with Crippen molar-refractivity contribution in [3.8, 4) is 11.5 Å². The number of anilines is 1. The van der Waals surface area contributed by atoms with Crippen LogP contribution in [0.25, 0.3) is 0 Å². The van der Waals surface area contributed by atoms with Crippen LogP contribution >= 0.6 is 0 Å². The minimum absolute atomic E-state index is 0.00445. The summed E-state index contributed by atoms with van der Waals surface area (Å²) in [6, 6.07) is 15.9. The fourth-order valence-corrected chi connectivity index (χ4v) is 3.18. The van der Waals surface area contributed by atoms with E-state index in [1.165, 1.54) is 11.3 Å². The van der Waals surface area contributed by atoms with Crippen molar-refractivity contribution >= 4 is 11.6 Å². The van der Waals surface area contributed by atoms with E-state index in [0.29, 0.717) is 18.0 Å². The van der Waals surface area contributed by atoms with E-state index >= 15 is 0 Å². The summed E-state index contributed by atoms with van der Waals surface area (Å²) in [6.07, 6.45) is 0.800. The van der Waals surface area contributed by atoms with Crippen molar-refractivity contribution < 1.29 is 14.3 Å². The minimum atomic E-state index is -0.128. The number of hydrogen-bond acceptors (Lipinski definition) is 5. The summed E-state index contributed by atoms with van der Waals surface area (Å²) in [4.78, 5) is 16.7. The molecule has 0 atom stereocenters. The molecule has 6 heteroatoms. The van der Waals surface area contributed by atoms with Crippen molar-refractivity contribution in [2.45, 2.75) is 6.42 Å². The van der Waals surface area contributed by atoms with Crippen molar-refractivity contribution in [1.82, 2.24) is 10.2 Å². The molecule has 1 N–H and O–H groups in total. The fourth-order valence-electron chi connectivity index (χ4n) is 3.18. The standard InChI is InChI=1S/C22H29N3O3/c1-24-12-14-25(15-13-24)19-8-6-18(7-9-19)10-11-23-22(26)17-28-21-5-3-4-20(16-21)27-2/h3-9,16H,10-15,17H2,1-2H3,(H,23,26). The molecule has 6 nitrogen and oxygen atoms in total. The van der Waals surface area contributed by atoms with Gasteiger partial charge in [0, 0.05) is 44.5 Å². The molecule has 1 aliphatic rings. The number of piperazine rings is 1. The van der Waals surface area contributed by atoms with Crippen molar-refractivity contribution in [1.29, 1.82) is 0 Å². The lowest BCUT2D eigenvalue weighted by Gasteiger charge is -2.34. The number of methoxy groups -OCH3 is 1. The number of benzene rings is 2. The van der Waals surface area contributed by atoms with E-state index in [1.807, 2.05) is 12.1 Å². The molecule has 0 aliphatic carbocycles. The van der Waals surface area contributed by atoms with Crippen LogP contribution < -0.4 is 19.7 Å². The Bertz CT molecular complexity index is 756. The van der Waals surface area contributed by atoms with Crippen LogP contribution in [0.5, 0.6) is 11.5 Å². The van der Waals surface area contributed by atoms with E-state index in [1.54, 1.807) is 19.2 Å². The number of amides is 1. The van der Waals surface area contributed by atoms with E-state index in [-0.39, 0.29) is 12.5 Å². The second kappa shape index (κ2) is 9.99. The Morgan fingerprint density at radius 2 is 1.75 bits per heavy atom. The monoisotopic (exact) mass is 383 g/mol. The van der Waals surface area contributed by atoms with Gasteiger partial charge in [0.05, 0.1) is 7.11 Å². The average Bonchev–Trinajstić information content (AvgIpc) is 2.73. The Morgan fingerprint density at radius 3 is 2.46 bits per heavy atom. The van der Waals surface area contributed by atoms with Gasteiger partial charge in [0.25, 0.3) is 5.91 Å². The molecule has 28 heavy (non-hydrogen) atoms. The normalized spacial score (nSPS) is 14.6. The zero-order valence-electron chi connectivity index (χ0n) is 16.7. The summed E-state index contributed by atoms with van der Waals surface area (Å²) in [5, 5.41) is 2.90. The molecular formula is C22H29N3O3. The Hall–Kier alpha value is -2.73. The summed E-state index contributed by atoms with van der Waals surface area (Å²) in [6.45, 7) is 4.93. The summed E-state index contributed by atoms with van der Waals surface area (Å²) >= 11 is 0. The summed E-state index contributed by atoms with van der Waals surface area (Å²) in [5.74, 6) is 1.20. The number of carbonyl (C=O) groups is 1. The largest absolute Gasteiger partial charge is 0.497 e. The number of hydrogen-bond donors (Lipinski definition) is 1. The molecule has 0 spiro atoms. The molecule has 1 fully saturated rings. The third-order valence-electron chi connectivity index (χ3n) is 4.95. The van der Waals surface area contributed by atoms with Gasteiger partial charge in [-0.15, -0.1) is 0 Å². The Balaban J connectivity index is 1.37. The first-order valence-corrected chi connectivity index (χ1v) is 9.70. The number of carbonyl (C=O) groups excluding carboxylic acids is 1. The van der Waals surface area contributed by atoms with E-state index in [2.05, 4.69) is 46.4 Å². The number of nitrogens with one attached hydrogen (secondary N) is 1. The molecule has 2 aromatic carbocycles. The molecule has 3 rings (SSSR count). The van der Waals surface area contributed by atoms with Crippen LogP contribution in [-0.4, -0.2) is 64.3 Å². The highest BCUT2D eigenvalue weighted by atomic mass is 16.5. The van der Waals surface area contributed by atoms with Crippen molar-refractivity contribution in [3.63, 3.8) is 0 Å². The van der Waals surface area contributed by atoms with Crippen LogP contribution in [0.1, 0.15) is 5.56 Å². The van der Waals surface area contributed by atoms with Gasteiger partial charge in [-0.25, -0.2) is 0 Å². The van der Waals surface area contributed by atoms with Crippen LogP contribution in [-0.2, 0) is 11.2 Å². The zero-order valence-corrected chi connectivity index (χ0v) is 16.7. The van der Waals surface area contributed by atoms with Crippen LogP contribution in [0, 0.1) is 0 Å². The second-order valence-electron chi connectivity index (χ2n) is 7.02. The summed E-state index contributed by atoms with van der Waals surface area (Å²) in [5.41, 5.74) is 2.49. The molecule has 0 bridgehead atoms. The first kappa shape index (κ1) is 20.0. The van der Waals surface area contributed by atoms with Gasteiger partial charge in [-0.2, -0.15) is 0 Å². The third-order valence-corrected chi connectivity index (χ3v) is 4.95. The number of rotatable bonds is 8. The topological polar surface area (TPSA) is 54.0 Å². The summed E-state index contributed by atoms with van der Waals surface area (Å²) < 4.78 is 10.6. The van der Waals surface area contributed by atoms with Gasteiger partial charge >= 0.3 is 0 Å². The Morgan fingerprint density at radius 1 is 1.04 bits per heavy atom. The predicted octanol–water partition coefficient (Wildman–Crippen LogP) is 2.18. The predicted molar refractivity (Wildman–Crippen MR) is 111 cm³/mol. The van der Waals surface area contributed by atoms with Gasteiger partial charge in [-0.05, 0) is 43.3 Å². The molecule has 0 saturated carbocycles. The molecule has 1 aliphatic heterocycles. The van der Waals surface area contributed by atoms with Crippen LogP contribution in [0.4, 0.5) is 5.69 Å². The van der Waals surface area contributed by atoms with Gasteiger partial charge in [-0.3, -0.25) is 4.79 Å². The lowest BCUT2D eigenvalue weighted by Crippen LogP contribution is -2.44. The third kappa shape index (κ3) is 5.89. The molecule has 0 unspecified atom stereocenters. The number of ether oxygens (including phenoxy) is 2. The van der Waals surface area contributed by atoms with Gasteiger partial charge in [0.1, 0.15) is 11.5 Å². The minimum Gasteiger partial charge on any atom is -0.497 e. The van der Waals surface area contributed by atoms with Crippen molar-refractivity contribution in [2.75, 3.05) is 58.4 Å². The van der Waals surface area contributed by atoms with Crippen molar-refractivity contribution in [2.24, 2.45) is 0 Å². The van der Waals surface area contributed by atoms with Gasteiger partial charge < -0.3 is 24.6 Å². The fraction of sp³-hybridized carbons (Fsp3) is 0.409. The maximum atomic E-state index is 12.0. The molecule has 0 radical (unpaired) electrons. The highest BCUT2D eigenvalue weighted by Crippen LogP contribution is 2.19. The van der Waals surface area contributed by atoms with E-state index in [9.17, 15) is 4.79 Å². The quantitative estimate of drug-likeness (QED) is 0.757. The van der Waals surface area contributed by atoms with E-state index in [4.69, 9.17) is 9.47 Å². The molecular weight excluding hydrogens is 354 g/mol. The lowest BCUT2D eigenvalue weighted by molar-refractivity contribution is -0.123. The highest BCUT2D eigenvalue weighted by Gasteiger charge is 2.13. The van der Waals surface area contributed by atoms with Crippen LogP contribution in [0.2, 0.25) is 0 Å². The maximum Gasteiger partial charge on any atom is 0.257 e. The lowest BCUT2D eigenvalue weighted by atomic mass is 10.1. The molecule has 1 heterocycles. The smallest absolute Gasteiger partial charge is 0.257 e. The SMILES string of the molecule is COc1cccc(OCC(=O)NCCc2ccc(N3CCN(C)CC3)cc2)c1. The van der Waals surface area contributed by atoms with Crippen molar-refractivity contribution in [3.05, 3.63) is 54.1 Å².